The van der Waals surface area contributed by atoms with E-state index in [4.69, 9.17) is 0 Å². The van der Waals surface area contributed by atoms with Crippen LogP contribution in [0.1, 0.15) is 12.5 Å². The van der Waals surface area contributed by atoms with Gasteiger partial charge in [0, 0.05) is 32.4 Å². The highest BCUT2D eigenvalue weighted by Crippen LogP contribution is 2.34. The zero-order valence-corrected chi connectivity index (χ0v) is 16.1. The van der Waals surface area contributed by atoms with Gasteiger partial charge >= 0.3 is 6.03 Å². The van der Waals surface area contributed by atoms with Gasteiger partial charge in [-0.05, 0) is 25.0 Å². The molecule has 144 valence electrons. The molecule has 7 nitrogen and oxygen atoms in total. The van der Waals surface area contributed by atoms with E-state index in [1.54, 1.807) is 18.0 Å². The number of fused-ring (bicyclic) bond motifs is 3. The van der Waals surface area contributed by atoms with Crippen LogP contribution in [0.15, 0.2) is 36.9 Å². The van der Waals surface area contributed by atoms with Crippen LogP contribution >= 0.6 is 0 Å². The molecule has 3 aliphatic heterocycles. The minimum atomic E-state index is -0.381. The van der Waals surface area contributed by atoms with Crippen molar-refractivity contribution in [2.24, 2.45) is 5.92 Å². The molecule has 4 atom stereocenters. The number of anilines is 1. The summed E-state index contributed by atoms with van der Waals surface area (Å²) in [6, 6.07) is 7.80. The van der Waals surface area contributed by atoms with E-state index >= 15 is 0 Å². The van der Waals surface area contributed by atoms with Crippen molar-refractivity contribution in [1.82, 2.24) is 20.0 Å². The van der Waals surface area contributed by atoms with Crippen LogP contribution in [0, 0.1) is 12.8 Å². The summed E-state index contributed by atoms with van der Waals surface area (Å²) in [4.78, 5) is 33.2. The molecule has 0 aromatic heterocycles. The molecule has 3 fully saturated rings. The summed E-state index contributed by atoms with van der Waals surface area (Å²) in [5.41, 5.74) is 2.34. The number of imide groups is 1. The van der Waals surface area contributed by atoms with Gasteiger partial charge in [-0.15, -0.1) is 6.58 Å². The van der Waals surface area contributed by atoms with Gasteiger partial charge in [0.05, 0.1) is 0 Å². The molecule has 0 aliphatic carbocycles. The van der Waals surface area contributed by atoms with Gasteiger partial charge in [0.15, 0.2) is 0 Å². The fourth-order valence-electron chi connectivity index (χ4n) is 4.45. The average Bonchev–Trinajstić information content (AvgIpc) is 3.03. The largest absolute Gasteiger partial charge is 0.343 e. The Morgan fingerprint density at radius 1 is 1.22 bits per heavy atom. The summed E-state index contributed by atoms with van der Waals surface area (Å²) in [5.74, 6) is 0.266. The van der Waals surface area contributed by atoms with Gasteiger partial charge in [0.2, 0.25) is 0 Å². The summed E-state index contributed by atoms with van der Waals surface area (Å²) in [5, 5.41) is 3.54. The van der Waals surface area contributed by atoms with E-state index in [9.17, 15) is 9.59 Å². The van der Waals surface area contributed by atoms with Crippen molar-refractivity contribution in [3.63, 3.8) is 0 Å². The molecule has 3 saturated heterocycles. The maximum absolute atomic E-state index is 13.1. The molecule has 4 unspecified atom stereocenters. The highest BCUT2D eigenvalue weighted by molar-refractivity contribution is 6.00. The Morgan fingerprint density at radius 3 is 2.59 bits per heavy atom. The van der Waals surface area contributed by atoms with Crippen molar-refractivity contribution in [1.29, 1.82) is 0 Å². The van der Waals surface area contributed by atoms with E-state index in [0.29, 0.717) is 5.92 Å². The third-order valence-corrected chi connectivity index (χ3v) is 5.76. The molecule has 0 saturated carbocycles. The monoisotopic (exact) mass is 369 g/mol. The number of carbonyl (C=O) groups excluding carboxylic acids is 2. The Balaban J connectivity index is 1.69. The van der Waals surface area contributed by atoms with Gasteiger partial charge in [-0.1, -0.05) is 30.7 Å². The maximum atomic E-state index is 13.1. The molecule has 1 aromatic carbocycles. The Hall–Kier alpha value is -2.38. The van der Waals surface area contributed by atoms with Gasteiger partial charge in [-0.2, -0.15) is 0 Å². The fourth-order valence-corrected chi connectivity index (χ4v) is 4.45. The number of hydrogen-bond donors (Lipinski definition) is 1. The molecular weight excluding hydrogens is 342 g/mol. The van der Waals surface area contributed by atoms with Crippen molar-refractivity contribution >= 4 is 17.6 Å². The molecule has 4 rings (SSSR count). The molecule has 1 aromatic rings. The van der Waals surface area contributed by atoms with Crippen LogP contribution in [0.4, 0.5) is 10.5 Å². The second-order valence-corrected chi connectivity index (χ2v) is 7.85. The number of amides is 3. The molecule has 7 heteroatoms. The zero-order chi connectivity index (χ0) is 19.3. The SMILES string of the molecule is C=CCN1C(=O)C2C(NC3N(c4ccc(C)cc4)CC(C)CN23)N(C)C1=O. The Kier molecular flexibility index (Phi) is 4.44. The first-order valence-corrected chi connectivity index (χ1v) is 9.46. The van der Waals surface area contributed by atoms with E-state index in [1.165, 1.54) is 10.5 Å². The van der Waals surface area contributed by atoms with Gasteiger partial charge in [-0.25, -0.2) is 4.79 Å². The molecule has 0 spiro atoms. The van der Waals surface area contributed by atoms with Gasteiger partial charge in [-0.3, -0.25) is 19.9 Å². The lowest BCUT2D eigenvalue weighted by molar-refractivity contribution is -0.138. The second-order valence-electron chi connectivity index (χ2n) is 7.85. The number of benzene rings is 1. The number of nitrogens with one attached hydrogen (secondary N) is 1. The lowest BCUT2D eigenvalue weighted by Gasteiger charge is -2.46. The van der Waals surface area contributed by atoms with Gasteiger partial charge in [0.1, 0.15) is 18.5 Å². The fraction of sp³-hybridized carbons (Fsp3) is 0.500. The van der Waals surface area contributed by atoms with E-state index in [2.05, 4.69) is 59.8 Å². The molecule has 3 aliphatic rings. The minimum absolute atomic E-state index is 0.109. The van der Waals surface area contributed by atoms with Crippen LogP contribution in [0.2, 0.25) is 0 Å². The highest BCUT2D eigenvalue weighted by atomic mass is 16.2. The van der Waals surface area contributed by atoms with Crippen molar-refractivity contribution in [2.75, 3.05) is 31.6 Å². The maximum Gasteiger partial charge on any atom is 0.328 e. The minimum Gasteiger partial charge on any atom is -0.343 e. The summed E-state index contributed by atoms with van der Waals surface area (Å²) < 4.78 is 0. The van der Waals surface area contributed by atoms with Crippen molar-refractivity contribution in [3.05, 3.63) is 42.5 Å². The quantitative estimate of drug-likeness (QED) is 0.817. The van der Waals surface area contributed by atoms with Crippen LogP contribution in [0.5, 0.6) is 0 Å². The smallest absolute Gasteiger partial charge is 0.328 e. The summed E-state index contributed by atoms with van der Waals surface area (Å²) >= 11 is 0. The first-order valence-electron chi connectivity index (χ1n) is 9.46. The van der Waals surface area contributed by atoms with Crippen LogP contribution in [0.25, 0.3) is 0 Å². The first-order chi connectivity index (χ1) is 12.9. The van der Waals surface area contributed by atoms with Crippen LogP contribution in [-0.2, 0) is 4.79 Å². The number of nitrogens with zero attached hydrogens (tertiary/aromatic N) is 4. The summed E-state index contributed by atoms with van der Waals surface area (Å²) in [6.07, 6.45) is 1.16. The topological polar surface area (TPSA) is 59.1 Å². The third-order valence-electron chi connectivity index (χ3n) is 5.76. The number of likely N-dealkylation sites (N-methyl/N-ethyl adjacent to an activating group) is 1. The Labute approximate surface area is 160 Å². The van der Waals surface area contributed by atoms with E-state index in [-0.39, 0.29) is 37.0 Å². The number of carbonyl (C=O) groups is 2. The van der Waals surface area contributed by atoms with Crippen molar-refractivity contribution in [3.8, 4) is 0 Å². The van der Waals surface area contributed by atoms with Crippen LogP contribution in [0.3, 0.4) is 0 Å². The molecule has 0 radical (unpaired) electrons. The van der Waals surface area contributed by atoms with E-state index in [0.717, 1.165) is 18.8 Å². The molecule has 3 amide bonds. The highest BCUT2D eigenvalue weighted by Gasteiger charge is 2.56. The first kappa shape index (κ1) is 18.0. The van der Waals surface area contributed by atoms with Gasteiger partial charge in [0.25, 0.3) is 5.91 Å². The van der Waals surface area contributed by atoms with Gasteiger partial charge < -0.3 is 9.80 Å². The third kappa shape index (κ3) is 2.82. The summed E-state index contributed by atoms with van der Waals surface area (Å²) in [6.45, 7) is 9.92. The van der Waals surface area contributed by atoms with Crippen LogP contribution in [-0.4, -0.2) is 71.8 Å². The number of rotatable bonds is 3. The molecule has 3 heterocycles. The number of aryl methyl sites for hydroxylation is 1. The zero-order valence-electron chi connectivity index (χ0n) is 16.1. The van der Waals surface area contributed by atoms with Crippen molar-refractivity contribution in [2.45, 2.75) is 32.3 Å². The van der Waals surface area contributed by atoms with E-state index in [1.807, 2.05) is 0 Å². The standard InChI is InChI=1S/C20H27N5O2/c1-5-10-23-18(26)16-17(22(4)20(23)27)21-19-24(11-14(3)12-25(16)19)15-8-6-13(2)7-9-15/h5-9,14,16-17,19,21H,1,10-12H2,2-4H3. The van der Waals surface area contributed by atoms with Crippen molar-refractivity contribution < 1.29 is 9.59 Å². The lowest BCUT2D eigenvalue weighted by Crippen LogP contribution is -2.66. The Morgan fingerprint density at radius 2 is 1.93 bits per heavy atom. The number of urea groups is 1. The molecule has 27 heavy (non-hydrogen) atoms. The predicted molar refractivity (Wildman–Crippen MR) is 104 cm³/mol. The van der Waals surface area contributed by atoms with Crippen LogP contribution < -0.4 is 10.2 Å². The predicted octanol–water partition coefficient (Wildman–Crippen LogP) is 1.41. The summed E-state index contributed by atoms with van der Waals surface area (Å²) in [7, 11) is 1.76. The molecular formula is C20H27N5O2. The normalized spacial score (nSPS) is 31.1. The van der Waals surface area contributed by atoms with E-state index < -0.39 is 0 Å². The lowest BCUT2D eigenvalue weighted by atomic mass is 10.0. The Bertz CT molecular complexity index is 764. The average molecular weight is 369 g/mol. The molecule has 1 N–H and O–H groups in total. The second kappa shape index (κ2) is 6.65. The number of hydrogen-bond acceptors (Lipinski definition) is 5. The molecule has 0 bridgehead atoms.